The predicted octanol–water partition coefficient (Wildman–Crippen LogP) is 3.80. The Labute approximate surface area is 181 Å². The SMILES string of the molecule is COc1ccc(-c2noc(CN(C)C(=O)C(C)Oc3cc(C)ccc3C)n2)c(OC)c1. The van der Waals surface area contributed by atoms with Gasteiger partial charge in [0.05, 0.1) is 26.3 Å². The van der Waals surface area contributed by atoms with Crippen molar-refractivity contribution >= 4 is 5.91 Å². The molecule has 1 heterocycles. The lowest BCUT2D eigenvalue weighted by Crippen LogP contribution is -2.37. The van der Waals surface area contributed by atoms with Crippen LogP contribution in [0.5, 0.6) is 17.2 Å². The average Bonchev–Trinajstić information content (AvgIpc) is 3.23. The molecule has 164 valence electrons. The Balaban J connectivity index is 1.68. The number of hydrogen-bond acceptors (Lipinski definition) is 7. The molecule has 31 heavy (non-hydrogen) atoms. The molecule has 8 heteroatoms. The fourth-order valence-corrected chi connectivity index (χ4v) is 3.08. The first-order chi connectivity index (χ1) is 14.8. The van der Waals surface area contributed by atoms with E-state index in [9.17, 15) is 4.79 Å². The van der Waals surface area contributed by atoms with Crippen LogP contribution in [-0.2, 0) is 11.3 Å². The summed E-state index contributed by atoms with van der Waals surface area (Å²) in [6, 6.07) is 11.2. The maximum atomic E-state index is 12.8. The van der Waals surface area contributed by atoms with Gasteiger partial charge in [0, 0.05) is 13.1 Å². The summed E-state index contributed by atoms with van der Waals surface area (Å²) < 4.78 is 21.8. The molecular formula is C23H27N3O5. The van der Waals surface area contributed by atoms with E-state index >= 15 is 0 Å². The molecule has 0 N–H and O–H groups in total. The first kappa shape index (κ1) is 22.1. The normalized spacial score (nSPS) is 11.7. The number of ether oxygens (including phenoxy) is 3. The van der Waals surface area contributed by atoms with Crippen LogP contribution < -0.4 is 14.2 Å². The fraction of sp³-hybridized carbons (Fsp3) is 0.348. The Morgan fingerprint density at radius 2 is 1.87 bits per heavy atom. The van der Waals surface area contributed by atoms with E-state index in [-0.39, 0.29) is 12.5 Å². The first-order valence-corrected chi connectivity index (χ1v) is 9.86. The van der Waals surface area contributed by atoms with Gasteiger partial charge in [0.2, 0.25) is 11.7 Å². The number of carbonyl (C=O) groups is 1. The van der Waals surface area contributed by atoms with Crippen molar-refractivity contribution in [1.29, 1.82) is 0 Å². The van der Waals surface area contributed by atoms with E-state index < -0.39 is 6.10 Å². The highest BCUT2D eigenvalue weighted by atomic mass is 16.5. The summed E-state index contributed by atoms with van der Waals surface area (Å²) in [7, 11) is 4.81. The van der Waals surface area contributed by atoms with Crippen molar-refractivity contribution in [2.75, 3.05) is 21.3 Å². The largest absolute Gasteiger partial charge is 0.497 e. The minimum Gasteiger partial charge on any atom is -0.497 e. The van der Waals surface area contributed by atoms with Gasteiger partial charge in [-0.1, -0.05) is 17.3 Å². The van der Waals surface area contributed by atoms with Gasteiger partial charge >= 0.3 is 0 Å². The summed E-state index contributed by atoms with van der Waals surface area (Å²) in [5.74, 6) is 2.40. The molecule has 1 unspecified atom stereocenters. The molecule has 0 fully saturated rings. The molecule has 0 aliphatic carbocycles. The van der Waals surface area contributed by atoms with Crippen LogP contribution in [0.4, 0.5) is 0 Å². The third-order valence-corrected chi connectivity index (χ3v) is 4.86. The Morgan fingerprint density at radius 1 is 1.10 bits per heavy atom. The first-order valence-electron chi connectivity index (χ1n) is 9.86. The number of benzene rings is 2. The number of carbonyl (C=O) groups excluding carboxylic acids is 1. The second-order valence-electron chi connectivity index (χ2n) is 7.30. The molecule has 0 bridgehead atoms. The Hall–Kier alpha value is -3.55. The average molecular weight is 425 g/mol. The summed E-state index contributed by atoms with van der Waals surface area (Å²) in [5, 5.41) is 4.02. The van der Waals surface area contributed by atoms with Crippen molar-refractivity contribution in [2.45, 2.75) is 33.4 Å². The molecule has 3 rings (SSSR count). The zero-order chi connectivity index (χ0) is 22.5. The third-order valence-electron chi connectivity index (χ3n) is 4.86. The summed E-state index contributed by atoms with van der Waals surface area (Å²) >= 11 is 0. The molecule has 0 radical (unpaired) electrons. The number of aromatic nitrogens is 2. The lowest BCUT2D eigenvalue weighted by Gasteiger charge is -2.21. The van der Waals surface area contributed by atoms with Crippen LogP contribution in [-0.4, -0.2) is 48.3 Å². The number of methoxy groups -OCH3 is 2. The van der Waals surface area contributed by atoms with E-state index in [4.69, 9.17) is 18.7 Å². The smallest absolute Gasteiger partial charge is 0.263 e. The lowest BCUT2D eigenvalue weighted by molar-refractivity contribution is -0.137. The number of hydrogen-bond donors (Lipinski definition) is 0. The quantitative estimate of drug-likeness (QED) is 0.542. The summed E-state index contributed by atoms with van der Waals surface area (Å²) in [4.78, 5) is 18.7. The molecule has 0 saturated carbocycles. The number of amides is 1. The Bertz CT molecular complexity index is 1060. The van der Waals surface area contributed by atoms with E-state index in [1.165, 1.54) is 4.90 Å². The minimum absolute atomic E-state index is 0.158. The van der Waals surface area contributed by atoms with Gasteiger partial charge in [0.25, 0.3) is 5.91 Å². The highest BCUT2D eigenvalue weighted by Crippen LogP contribution is 2.31. The molecule has 1 atom stereocenters. The van der Waals surface area contributed by atoms with Crippen molar-refractivity contribution in [2.24, 2.45) is 0 Å². The molecule has 8 nitrogen and oxygen atoms in total. The summed E-state index contributed by atoms with van der Waals surface area (Å²) in [6.07, 6.45) is -0.658. The van der Waals surface area contributed by atoms with E-state index in [0.717, 1.165) is 11.1 Å². The Kier molecular flexibility index (Phi) is 6.79. The van der Waals surface area contributed by atoms with E-state index in [1.807, 2.05) is 32.0 Å². The van der Waals surface area contributed by atoms with E-state index in [0.29, 0.717) is 34.5 Å². The van der Waals surface area contributed by atoms with Gasteiger partial charge in [0.15, 0.2) is 6.10 Å². The molecule has 1 aromatic heterocycles. The standard InChI is InChI=1S/C23H27N3O5/c1-14-7-8-15(2)19(11-14)30-16(3)23(27)26(4)13-21-24-22(25-31-21)18-10-9-17(28-5)12-20(18)29-6/h7-12,16H,13H2,1-6H3. The van der Waals surface area contributed by atoms with Gasteiger partial charge in [-0.15, -0.1) is 0 Å². The van der Waals surface area contributed by atoms with E-state index in [2.05, 4.69) is 10.1 Å². The van der Waals surface area contributed by atoms with Crippen LogP contribution in [0.15, 0.2) is 40.9 Å². The van der Waals surface area contributed by atoms with Crippen LogP contribution in [0.2, 0.25) is 0 Å². The van der Waals surface area contributed by atoms with Crippen LogP contribution in [0.25, 0.3) is 11.4 Å². The molecule has 0 saturated heterocycles. The zero-order valence-electron chi connectivity index (χ0n) is 18.6. The summed E-state index contributed by atoms with van der Waals surface area (Å²) in [6.45, 7) is 5.81. The maximum absolute atomic E-state index is 12.8. The zero-order valence-corrected chi connectivity index (χ0v) is 18.6. The topological polar surface area (TPSA) is 86.9 Å². The van der Waals surface area contributed by atoms with Crippen LogP contribution in [0.1, 0.15) is 23.9 Å². The number of rotatable bonds is 8. The molecular weight excluding hydrogens is 398 g/mol. The van der Waals surface area contributed by atoms with Crippen LogP contribution >= 0.6 is 0 Å². The monoisotopic (exact) mass is 425 g/mol. The lowest BCUT2D eigenvalue weighted by atomic mass is 10.1. The van der Waals surface area contributed by atoms with Gasteiger partial charge in [-0.25, -0.2) is 0 Å². The molecule has 0 spiro atoms. The third kappa shape index (κ3) is 5.14. The van der Waals surface area contributed by atoms with Crippen molar-refractivity contribution in [3.8, 4) is 28.6 Å². The fourth-order valence-electron chi connectivity index (χ4n) is 3.08. The number of aryl methyl sites for hydroxylation is 2. The summed E-state index contributed by atoms with van der Waals surface area (Å²) in [5.41, 5.74) is 2.71. The highest BCUT2D eigenvalue weighted by Gasteiger charge is 2.22. The minimum atomic E-state index is -0.658. The molecule has 1 amide bonds. The second-order valence-corrected chi connectivity index (χ2v) is 7.30. The van der Waals surface area contributed by atoms with Crippen molar-refractivity contribution in [3.63, 3.8) is 0 Å². The van der Waals surface area contributed by atoms with Gasteiger partial charge in [-0.3, -0.25) is 4.79 Å². The van der Waals surface area contributed by atoms with Crippen molar-refractivity contribution < 1.29 is 23.5 Å². The Morgan fingerprint density at radius 3 is 2.58 bits per heavy atom. The van der Waals surface area contributed by atoms with Gasteiger partial charge in [-0.2, -0.15) is 4.98 Å². The van der Waals surface area contributed by atoms with Gasteiger partial charge < -0.3 is 23.6 Å². The van der Waals surface area contributed by atoms with Crippen LogP contribution in [0, 0.1) is 13.8 Å². The van der Waals surface area contributed by atoms with Crippen molar-refractivity contribution in [1.82, 2.24) is 15.0 Å². The van der Waals surface area contributed by atoms with Gasteiger partial charge in [-0.05, 0) is 50.1 Å². The number of nitrogens with zero attached hydrogens (tertiary/aromatic N) is 3. The molecule has 0 aliphatic rings. The van der Waals surface area contributed by atoms with E-state index in [1.54, 1.807) is 46.4 Å². The molecule has 2 aromatic carbocycles. The maximum Gasteiger partial charge on any atom is 0.263 e. The molecule has 3 aromatic rings. The second kappa shape index (κ2) is 9.51. The highest BCUT2D eigenvalue weighted by molar-refractivity contribution is 5.80. The van der Waals surface area contributed by atoms with Gasteiger partial charge in [0.1, 0.15) is 17.2 Å². The van der Waals surface area contributed by atoms with Crippen molar-refractivity contribution in [3.05, 3.63) is 53.4 Å². The number of likely N-dealkylation sites (N-methyl/N-ethyl adjacent to an activating group) is 1. The van der Waals surface area contributed by atoms with Crippen LogP contribution in [0.3, 0.4) is 0 Å². The predicted molar refractivity (Wildman–Crippen MR) is 115 cm³/mol. The molecule has 0 aliphatic heterocycles.